The van der Waals surface area contributed by atoms with Gasteiger partial charge in [0.05, 0.1) is 16.5 Å². The van der Waals surface area contributed by atoms with E-state index >= 15 is 0 Å². The number of amides is 1. The zero-order valence-corrected chi connectivity index (χ0v) is 13.1. The maximum atomic E-state index is 11.9. The van der Waals surface area contributed by atoms with Crippen molar-refractivity contribution in [2.45, 2.75) is 6.42 Å². The predicted molar refractivity (Wildman–Crippen MR) is 85.3 cm³/mol. The third kappa shape index (κ3) is 4.29. The Labute approximate surface area is 136 Å². The van der Waals surface area contributed by atoms with Crippen LogP contribution in [0, 0.1) is 0 Å². The molecular weight excluding hydrogens is 340 g/mol. The van der Waals surface area contributed by atoms with Gasteiger partial charge in [-0.15, -0.1) is 0 Å². The van der Waals surface area contributed by atoms with E-state index in [0.717, 1.165) is 5.56 Å². The van der Waals surface area contributed by atoms with Gasteiger partial charge >= 0.3 is 0 Å². The summed E-state index contributed by atoms with van der Waals surface area (Å²) in [7, 11) is 0. The monoisotopic (exact) mass is 347 g/mol. The van der Waals surface area contributed by atoms with Gasteiger partial charge in [-0.1, -0.05) is 52.5 Å². The van der Waals surface area contributed by atoms with Gasteiger partial charge in [-0.2, -0.15) is 0 Å². The fraction of sp³-hybridized carbons (Fsp3) is 0.0714. The van der Waals surface area contributed by atoms with Crippen molar-refractivity contribution in [3.8, 4) is 0 Å². The number of rotatable bonds is 3. The number of anilines is 1. The second kappa shape index (κ2) is 6.68. The predicted octanol–water partition coefficient (Wildman–Crippen LogP) is 5.48. The Morgan fingerprint density at radius 2 is 1.55 bits per heavy atom. The van der Waals surface area contributed by atoms with Crippen LogP contribution < -0.4 is 5.32 Å². The van der Waals surface area contributed by atoms with E-state index in [2.05, 4.69) is 5.32 Å². The maximum Gasteiger partial charge on any atom is 0.228 e. The molecule has 0 fully saturated rings. The summed E-state index contributed by atoms with van der Waals surface area (Å²) in [5, 5.41) is 4.52. The SMILES string of the molecule is O=C(Cc1ccc(Cl)c(Cl)c1)Nc1cc(Cl)cc(Cl)c1. The Hall–Kier alpha value is -0.930. The van der Waals surface area contributed by atoms with E-state index in [1.165, 1.54) is 0 Å². The van der Waals surface area contributed by atoms with E-state index in [-0.39, 0.29) is 12.3 Å². The van der Waals surface area contributed by atoms with Crippen LogP contribution in [0.4, 0.5) is 5.69 Å². The summed E-state index contributed by atoms with van der Waals surface area (Å²) < 4.78 is 0. The number of hydrogen-bond donors (Lipinski definition) is 1. The van der Waals surface area contributed by atoms with E-state index in [1.54, 1.807) is 36.4 Å². The van der Waals surface area contributed by atoms with E-state index < -0.39 is 0 Å². The molecule has 6 heteroatoms. The van der Waals surface area contributed by atoms with Gasteiger partial charge in [0, 0.05) is 15.7 Å². The normalized spacial score (nSPS) is 10.4. The minimum atomic E-state index is -0.193. The summed E-state index contributed by atoms with van der Waals surface area (Å²) in [6.07, 6.45) is 0.182. The van der Waals surface area contributed by atoms with Crippen LogP contribution in [0.3, 0.4) is 0 Å². The first-order valence-corrected chi connectivity index (χ1v) is 7.15. The first kappa shape index (κ1) is 15.5. The third-order valence-electron chi connectivity index (χ3n) is 2.50. The molecule has 0 aliphatic carbocycles. The molecule has 0 spiro atoms. The Bertz CT molecular complexity index is 637. The minimum absolute atomic E-state index is 0.182. The molecule has 2 nitrogen and oxygen atoms in total. The number of nitrogens with one attached hydrogen (secondary N) is 1. The molecule has 0 unspecified atom stereocenters. The number of halogens is 4. The summed E-state index contributed by atoms with van der Waals surface area (Å²) in [6.45, 7) is 0. The first-order chi connectivity index (χ1) is 9.44. The molecule has 2 rings (SSSR count). The molecule has 0 saturated heterocycles. The molecule has 104 valence electrons. The molecule has 2 aromatic rings. The molecule has 0 aliphatic rings. The van der Waals surface area contributed by atoms with E-state index in [4.69, 9.17) is 46.4 Å². The zero-order valence-electron chi connectivity index (χ0n) is 10.1. The van der Waals surface area contributed by atoms with Gasteiger partial charge in [0.1, 0.15) is 0 Å². The van der Waals surface area contributed by atoms with E-state index in [9.17, 15) is 4.79 Å². The zero-order chi connectivity index (χ0) is 14.7. The number of benzene rings is 2. The third-order valence-corrected chi connectivity index (χ3v) is 3.67. The molecule has 0 saturated carbocycles. The Morgan fingerprint density at radius 3 is 2.15 bits per heavy atom. The number of hydrogen-bond acceptors (Lipinski definition) is 1. The van der Waals surface area contributed by atoms with Gasteiger partial charge in [0.25, 0.3) is 0 Å². The summed E-state index contributed by atoms with van der Waals surface area (Å²) in [4.78, 5) is 11.9. The Kier molecular flexibility index (Phi) is 5.17. The number of carbonyl (C=O) groups excluding carboxylic acids is 1. The topological polar surface area (TPSA) is 29.1 Å². The quantitative estimate of drug-likeness (QED) is 0.781. The average molecular weight is 349 g/mol. The largest absolute Gasteiger partial charge is 0.326 e. The summed E-state index contributed by atoms with van der Waals surface area (Å²) >= 11 is 23.4. The lowest BCUT2D eigenvalue weighted by molar-refractivity contribution is -0.115. The van der Waals surface area contributed by atoms with Crippen molar-refractivity contribution in [1.29, 1.82) is 0 Å². The van der Waals surface area contributed by atoms with Crippen molar-refractivity contribution in [3.05, 3.63) is 62.1 Å². The fourth-order valence-corrected chi connectivity index (χ4v) is 2.51. The van der Waals surface area contributed by atoms with Gasteiger partial charge in [0.2, 0.25) is 5.91 Å². The molecule has 20 heavy (non-hydrogen) atoms. The van der Waals surface area contributed by atoms with Crippen molar-refractivity contribution < 1.29 is 4.79 Å². The van der Waals surface area contributed by atoms with Gasteiger partial charge in [-0.25, -0.2) is 0 Å². The smallest absolute Gasteiger partial charge is 0.228 e. The van der Waals surface area contributed by atoms with Crippen molar-refractivity contribution >= 4 is 58.0 Å². The van der Waals surface area contributed by atoms with E-state index in [0.29, 0.717) is 25.8 Å². The maximum absolute atomic E-state index is 11.9. The number of carbonyl (C=O) groups is 1. The minimum Gasteiger partial charge on any atom is -0.326 e. The molecular formula is C14H9Cl4NO. The molecule has 0 bridgehead atoms. The summed E-state index contributed by atoms with van der Waals surface area (Å²) in [5.41, 5.74) is 1.32. The molecule has 0 aliphatic heterocycles. The molecule has 1 N–H and O–H groups in total. The standard InChI is InChI=1S/C14H9Cl4NO/c15-9-5-10(16)7-11(6-9)19-14(20)4-8-1-2-12(17)13(18)3-8/h1-3,5-7H,4H2,(H,19,20). The highest BCUT2D eigenvalue weighted by molar-refractivity contribution is 6.42. The fourth-order valence-electron chi connectivity index (χ4n) is 1.67. The van der Waals surface area contributed by atoms with Crippen LogP contribution >= 0.6 is 46.4 Å². The molecule has 0 radical (unpaired) electrons. The average Bonchev–Trinajstić information content (AvgIpc) is 2.32. The van der Waals surface area contributed by atoms with Gasteiger partial charge in [-0.05, 0) is 35.9 Å². The van der Waals surface area contributed by atoms with Crippen LogP contribution in [0.15, 0.2) is 36.4 Å². The highest BCUT2D eigenvalue weighted by Gasteiger charge is 2.07. The van der Waals surface area contributed by atoms with Crippen LogP contribution in [0.5, 0.6) is 0 Å². The summed E-state index contributed by atoms with van der Waals surface area (Å²) in [5.74, 6) is -0.193. The van der Waals surface area contributed by atoms with Crippen LogP contribution in [0.1, 0.15) is 5.56 Å². The summed E-state index contributed by atoms with van der Waals surface area (Å²) in [6, 6.07) is 9.91. The van der Waals surface area contributed by atoms with Crippen molar-refractivity contribution in [1.82, 2.24) is 0 Å². The molecule has 1 amide bonds. The second-order valence-electron chi connectivity index (χ2n) is 4.13. The molecule has 0 aromatic heterocycles. The molecule has 0 atom stereocenters. The van der Waals surface area contributed by atoms with Crippen molar-refractivity contribution in [2.24, 2.45) is 0 Å². The lowest BCUT2D eigenvalue weighted by atomic mass is 10.1. The van der Waals surface area contributed by atoms with E-state index in [1.807, 2.05) is 0 Å². The molecule has 0 heterocycles. The molecule has 2 aromatic carbocycles. The van der Waals surface area contributed by atoms with Crippen LogP contribution in [0.25, 0.3) is 0 Å². The van der Waals surface area contributed by atoms with Crippen molar-refractivity contribution in [3.63, 3.8) is 0 Å². The first-order valence-electron chi connectivity index (χ1n) is 5.64. The van der Waals surface area contributed by atoms with Crippen LogP contribution in [-0.4, -0.2) is 5.91 Å². The highest BCUT2D eigenvalue weighted by Crippen LogP contribution is 2.24. The van der Waals surface area contributed by atoms with Crippen LogP contribution in [-0.2, 0) is 11.2 Å². The highest BCUT2D eigenvalue weighted by atomic mass is 35.5. The van der Waals surface area contributed by atoms with Crippen molar-refractivity contribution in [2.75, 3.05) is 5.32 Å². The Balaban J connectivity index is 2.06. The van der Waals surface area contributed by atoms with Gasteiger partial charge < -0.3 is 5.32 Å². The van der Waals surface area contributed by atoms with Gasteiger partial charge in [0.15, 0.2) is 0 Å². The van der Waals surface area contributed by atoms with Crippen LogP contribution in [0.2, 0.25) is 20.1 Å². The lowest BCUT2D eigenvalue weighted by Crippen LogP contribution is -2.14. The second-order valence-corrected chi connectivity index (χ2v) is 5.82. The van der Waals surface area contributed by atoms with Gasteiger partial charge in [-0.3, -0.25) is 4.79 Å². The Morgan fingerprint density at radius 1 is 0.900 bits per heavy atom. The lowest BCUT2D eigenvalue weighted by Gasteiger charge is -2.07.